The second-order valence-electron chi connectivity index (χ2n) is 4.28. The van der Waals surface area contributed by atoms with Crippen molar-refractivity contribution in [3.8, 4) is 11.8 Å². The zero-order valence-electron chi connectivity index (χ0n) is 9.68. The molecule has 5 heteroatoms. The summed E-state index contributed by atoms with van der Waals surface area (Å²) in [6, 6.07) is 5.58. The minimum absolute atomic E-state index is 0.0500. The maximum atomic E-state index is 11.8. The van der Waals surface area contributed by atoms with Crippen molar-refractivity contribution in [1.82, 2.24) is 4.98 Å². The van der Waals surface area contributed by atoms with Crippen molar-refractivity contribution in [2.24, 2.45) is 11.8 Å². The van der Waals surface area contributed by atoms with Gasteiger partial charge in [0, 0.05) is 6.20 Å². The number of amides is 1. The summed E-state index contributed by atoms with van der Waals surface area (Å²) < 4.78 is 5.56. The highest BCUT2D eigenvalue weighted by Crippen LogP contribution is 2.30. The lowest BCUT2D eigenvalue weighted by molar-refractivity contribution is -0.125. The van der Waals surface area contributed by atoms with E-state index in [1.54, 1.807) is 18.3 Å². The lowest BCUT2D eigenvalue weighted by atomic mass is 9.90. The molecule has 1 aromatic heterocycles. The summed E-state index contributed by atoms with van der Waals surface area (Å²) in [7, 11) is 0. The Morgan fingerprint density at radius 3 is 3.00 bits per heavy atom. The highest BCUT2D eigenvalue weighted by Gasteiger charge is 2.36. The van der Waals surface area contributed by atoms with Gasteiger partial charge in [0.1, 0.15) is 0 Å². The van der Waals surface area contributed by atoms with Crippen molar-refractivity contribution in [1.29, 1.82) is 5.26 Å². The van der Waals surface area contributed by atoms with E-state index >= 15 is 0 Å². The van der Waals surface area contributed by atoms with Crippen molar-refractivity contribution in [3.63, 3.8) is 0 Å². The van der Waals surface area contributed by atoms with E-state index in [4.69, 9.17) is 10.00 Å². The van der Waals surface area contributed by atoms with Crippen molar-refractivity contribution >= 4 is 11.7 Å². The van der Waals surface area contributed by atoms with E-state index in [0.717, 1.165) is 0 Å². The van der Waals surface area contributed by atoms with Crippen LogP contribution in [0, 0.1) is 23.2 Å². The molecule has 2 rings (SSSR count). The number of ether oxygens (including phenoxy) is 1. The van der Waals surface area contributed by atoms with Crippen molar-refractivity contribution in [2.75, 3.05) is 5.32 Å². The maximum Gasteiger partial charge on any atom is 0.268 e. The second kappa shape index (κ2) is 4.42. The Labute approximate surface area is 99.4 Å². The Bertz CT molecular complexity index is 479. The number of carbonyl (C=O) groups is 1. The van der Waals surface area contributed by atoms with E-state index < -0.39 is 12.0 Å². The number of hydrogen-bond donors (Lipinski definition) is 1. The molecule has 2 heterocycles. The number of anilines is 1. The monoisotopic (exact) mass is 231 g/mol. The molecule has 5 nitrogen and oxygen atoms in total. The smallest absolute Gasteiger partial charge is 0.268 e. The van der Waals surface area contributed by atoms with Gasteiger partial charge in [-0.3, -0.25) is 4.79 Å². The first-order valence-electron chi connectivity index (χ1n) is 5.45. The molecular weight excluding hydrogens is 218 g/mol. The molecule has 88 valence electrons. The van der Waals surface area contributed by atoms with Crippen molar-refractivity contribution in [3.05, 3.63) is 18.3 Å². The molecule has 0 fully saturated rings. The van der Waals surface area contributed by atoms with Gasteiger partial charge >= 0.3 is 0 Å². The third kappa shape index (κ3) is 2.07. The summed E-state index contributed by atoms with van der Waals surface area (Å²) in [4.78, 5) is 15.8. The van der Waals surface area contributed by atoms with Crippen LogP contribution >= 0.6 is 0 Å². The van der Waals surface area contributed by atoms with Crippen LogP contribution in [-0.4, -0.2) is 17.0 Å². The Morgan fingerprint density at radius 1 is 1.59 bits per heavy atom. The summed E-state index contributed by atoms with van der Waals surface area (Å²) in [6.45, 7) is 3.78. The molecular formula is C12H13N3O2. The van der Waals surface area contributed by atoms with Gasteiger partial charge in [0.15, 0.2) is 17.7 Å². The number of carbonyl (C=O) groups excluding carboxylic acids is 1. The zero-order valence-corrected chi connectivity index (χ0v) is 9.68. The quantitative estimate of drug-likeness (QED) is 0.838. The lowest BCUT2D eigenvalue weighted by Gasteiger charge is -2.29. The van der Waals surface area contributed by atoms with Gasteiger partial charge in [-0.05, 0) is 18.1 Å². The molecule has 0 spiro atoms. The summed E-state index contributed by atoms with van der Waals surface area (Å²) >= 11 is 0. The third-order valence-electron chi connectivity index (χ3n) is 2.72. The summed E-state index contributed by atoms with van der Waals surface area (Å²) in [6.07, 6.45) is 0.809. The number of nitrogens with zero attached hydrogens (tertiary/aromatic N) is 2. The average molecular weight is 231 g/mol. The molecule has 2 unspecified atom stereocenters. The molecule has 0 aliphatic carbocycles. The number of rotatable bonds is 2. The standard InChI is InChI=1S/C12H13N3O2/c1-7(2)8(6-13)10-12(16)15-11-9(17-10)4-3-5-14-11/h3-5,7-8,10H,1-2H3,(H,14,15,16). The minimum atomic E-state index is -0.767. The molecule has 17 heavy (non-hydrogen) atoms. The predicted molar refractivity (Wildman–Crippen MR) is 61.2 cm³/mol. The molecule has 0 bridgehead atoms. The van der Waals surface area contributed by atoms with Gasteiger partial charge in [-0.25, -0.2) is 4.98 Å². The summed E-state index contributed by atoms with van der Waals surface area (Å²) in [5.74, 6) is 0.195. The molecule has 0 aromatic carbocycles. The SMILES string of the molecule is CC(C)C(C#N)C1Oc2cccnc2NC1=O. The molecule has 1 aliphatic heterocycles. The maximum absolute atomic E-state index is 11.8. The number of pyridine rings is 1. The van der Waals surface area contributed by atoms with Gasteiger partial charge < -0.3 is 10.1 Å². The molecule has 0 radical (unpaired) electrons. The largest absolute Gasteiger partial charge is 0.475 e. The molecule has 1 aliphatic rings. The highest BCUT2D eigenvalue weighted by atomic mass is 16.5. The fourth-order valence-electron chi connectivity index (χ4n) is 1.76. The Kier molecular flexibility index (Phi) is 2.96. The first-order valence-corrected chi connectivity index (χ1v) is 5.45. The minimum Gasteiger partial charge on any atom is -0.475 e. The summed E-state index contributed by atoms with van der Waals surface area (Å²) in [5.41, 5.74) is 0. The van der Waals surface area contributed by atoms with E-state index in [0.29, 0.717) is 11.6 Å². The first kappa shape index (κ1) is 11.4. The average Bonchev–Trinajstić information content (AvgIpc) is 2.30. The normalized spacial score (nSPS) is 19.9. The van der Waals surface area contributed by atoms with Crippen LogP contribution in [0.15, 0.2) is 18.3 Å². The van der Waals surface area contributed by atoms with E-state index in [2.05, 4.69) is 16.4 Å². The number of hydrogen-bond acceptors (Lipinski definition) is 4. The molecule has 1 N–H and O–H groups in total. The fraction of sp³-hybridized carbons (Fsp3) is 0.417. The van der Waals surface area contributed by atoms with E-state index in [9.17, 15) is 4.79 Å². The van der Waals surface area contributed by atoms with Crippen LogP contribution in [0.4, 0.5) is 5.82 Å². The molecule has 0 saturated carbocycles. The van der Waals surface area contributed by atoms with Gasteiger partial charge in [-0.2, -0.15) is 5.26 Å². The Hall–Kier alpha value is -2.09. The van der Waals surface area contributed by atoms with Crippen molar-refractivity contribution in [2.45, 2.75) is 20.0 Å². The first-order chi connectivity index (χ1) is 8.13. The highest BCUT2D eigenvalue weighted by molar-refractivity contribution is 5.97. The zero-order chi connectivity index (χ0) is 12.4. The van der Waals surface area contributed by atoms with Crippen molar-refractivity contribution < 1.29 is 9.53 Å². The fourth-order valence-corrected chi connectivity index (χ4v) is 1.76. The number of aromatic nitrogens is 1. The number of fused-ring (bicyclic) bond motifs is 1. The van der Waals surface area contributed by atoms with Gasteiger partial charge in [-0.15, -0.1) is 0 Å². The van der Waals surface area contributed by atoms with Crippen LogP contribution < -0.4 is 10.1 Å². The Balaban J connectivity index is 2.29. The van der Waals surface area contributed by atoms with E-state index in [1.807, 2.05) is 13.8 Å². The lowest BCUT2D eigenvalue weighted by Crippen LogP contribution is -2.44. The van der Waals surface area contributed by atoms with Gasteiger partial charge in [0.25, 0.3) is 5.91 Å². The van der Waals surface area contributed by atoms with Crippen LogP contribution in [0.5, 0.6) is 5.75 Å². The topological polar surface area (TPSA) is 75.0 Å². The molecule has 2 atom stereocenters. The third-order valence-corrected chi connectivity index (χ3v) is 2.72. The van der Waals surface area contributed by atoms with Crippen LogP contribution in [0.3, 0.4) is 0 Å². The van der Waals surface area contributed by atoms with Gasteiger partial charge in [0.05, 0.1) is 12.0 Å². The van der Waals surface area contributed by atoms with Gasteiger partial charge in [-0.1, -0.05) is 13.8 Å². The predicted octanol–water partition coefficient (Wildman–Crippen LogP) is 1.58. The Morgan fingerprint density at radius 2 is 2.35 bits per heavy atom. The summed E-state index contributed by atoms with van der Waals surface area (Å²) in [5, 5.41) is 11.7. The van der Waals surface area contributed by atoms with E-state index in [-0.39, 0.29) is 11.8 Å². The van der Waals surface area contributed by atoms with Crippen LogP contribution in [0.25, 0.3) is 0 Å². The van der Waals surface area contributed by atoms with E-state index in [1.165, 1.54) is 0 Å². The van der Waals surface area contributed by atoms with Crippen LogP contribution in [0.2, 0.25) is 0 Å². The van der Waals surface area contributed by atoms with Crippen LogP contribution in [-0.2, 0) is 4.79 Å². The van der Waals surface area contributed by atoms with Gasteiger partial charge in [0.2, 0.25) is 0 Å². The molecule has 1 aromatic rings. The number of nitrogens with one attached hydrogen (secondary N) is 1. The second-order valence-corrected chi connectivity index (χ2v) is 4.28. The molecule has 0 saturated heterocycles. The van der Waals surface area contributed by atoms with Crippen LogP contribution in [0.1, 0.15) is 13.8 Å². The molecule has 1 amide bonds. The number of nitriles is 1.